The number of carbonyl (C=O) groups is 2. The van der Waals surface area contributed by atoms with E-state index in [0.29, 0.717) is 11.5 Å². The molecule has 26 heavy (non-hydrogen) atoms. The van der Waals surface area contributed by atoms with E-state index in [1.807, 2.05) is 18.2 Å². The van der Waals surface area contributed by atoms with Crippen molar-refractivity contribution in [2.75, 3.05) is 7.05 Å². The molecule has 0 spiro atoms. The number of halogens is 1. The van der Waals surface area contributed by atoms with Gasteiger partial charge in [0, 0.05) is 11.1 Å². The summed E-state index contributed by atoms with van der Waals surface area (Å²) in [4.78, 5) is 27.2. The van der Waals surface area contributed by atoms with E-state index in [1.165, 1.54) is 19.3 Å². The van der Waals surface area contributed by atoms with E-state index < -0.39 is 0 Å². The number of hydrogen-bond acceptors (Lipinski definition) is 4. The Balaban J connectivity index is 0.000000499. The second-order valence-electron chi connectivity index (χ2n) is 7.03. The lowest BCUT2D eigenvalue weighted by molar-refractivity contribution is -0.123. The van der Waals surface area contributed by atoms with Gasteiger partial charge in [0.1, 0.15) is 5.82 Å². The number of benzene rings is 1. The zero-order chi connectivity index (χ0) is 19.7. The van der Waals surface area contributed by atoms with Gasteiger partial charge in [-0.15, -0.1) is 0 Å². The van der Waals surface area contributed by atoms with E-state index >= 15 is 0 Å². The number of aromatic amines is 1. The predicted octanol–water partition coefficient (Wildman–Crippen LogP) is 3.63. The van der Waals surface area contributed by atoms with Crippen LogP contribution in [0.25, 0.3) is 11.0 Å². The first-order valence-electron chi connectivity index (χ1n) is 8.26. The van der Waals surface area contributed by atoms with Gasteiger partial charge in [0.2, 0.25) is 0 Å². The Kier molecular flexibility index (Phi) is 8.54. The number of rotatable bonds is 3. The van der Waals surface area contributed by atoms with Gasteiger partial charge in [-0.1, -0.05) is 25.4 Å². The summed E-state index contributed by atoms with van der Waals surface area (Å²) in [6.07, 6.45) is 3.88. The number of nitrogens with one attached hydrogen (secondary N) is 1. The fourth-order valence-corrected chi connectivity index (χ4v) is 3.42. The highest BCUT2D eigenvalue weighted by Crippen LogP contribution is 2.39. The van der Waals surface area contributed by atoms with Crippen LogP contribution < -0.4 is 0 Å². The van der Waals surface area contributed by atoms with Crippen LogP contribution in [0.3, 0.4) is 0 Å². The molecule has 1 aliphatic carbocycles. The normalized spacial score (nSPS) is 17.8. The lowest BCUT2D eigenvalue weighted by atomic mass is 9.91. The average molecular weight is 384 g/mol. The van der Waals surface area contributed by atoms with Crippen LogP contribution in [0.5, 0.6) is 0 Å². The summed E-state index contributed by atoms with van der Waals surface area (Å²) in [5, 5.41) is 14.5. The molecule has 1 aromatic heterocycles. The number of nitrogens with zero attached hydrogens (tertiary/aromatic N) is 2. The highest BCUT2D eigenvalue weighted by Gasteiger charge is 2.33. The third-order valence-corrected chi connectivity index (χ3v) is 4.69. The largest absolute Gasteiger partial charge is 0.483 e. The van der Waals surface area contributed by atoms with Crippen LogP contribution >= 0.6 is 11.6 Å². The fraction of sp³-hybridized carbons (Fsp3) is 0.500. The molecule has 3 N–H and O–H groups in total. The van der Waals surface area contributed by atoms with Crippen molar-refractivity contribution in [3.8, 4) is 0 Å². The van der Waals surface area contributed by atoms with E-state index in [-0.39, 0.29) is 12.9 Å². The van der Waals surface area contributed by atoms with Gasteiger partial charge < -0.3 is 15.2 Å². The molecule has 1 atom stereocenters. The maximum atomic E-state index is 8.36. The minimum absolute atomic E-state index is 0.250. The summed E-state index contributed by atoms with van der Waals surface area (Å²) in [6.45, 7) is 5.10. The van der Waals surface area contributed by atoms with E-state index in [2.05, 4.69) is 35.8 Å². The molecule has 7 nitrogen and oxygen atoms in total. The minimum Gasteiger partial charge on any atom is -0.483 e. The number of fused-ring (bicyclic) bond motifs is 1. The molecule has 1 unspecified atom stereocenters. The van der Waals surface area contributed by atoms with Gasteiger partial charge in [-0.2, -0.15) is 0 Å². The van der Waals surface area contributed by atoms with Crippen LogP contribution in [0.4, 0.5) is 0 Å². The molecule has 1 heterocycles. The smallest absolute Gasteiger partial charge is 0.290 e. The van der Waals surface area contributed by atoms with Gasteiger partial charge >= 0.3 is 0 Å². The quantitative estimate of drug-likeness (QED) is 0.699. The Morgan fingerprint density at radius 3 is 2.50 bits per heavy atom. The second kappa shape index (κ2) is 10.1. The van der Waals surface area contributed by atoms with Gasteiger partial charge in [-0.05, 0) is 49.9 Å². The Labute approximate surface area is 158 Å². The SMILES string of the molecule is CN(Cc1nc2ccc(Cl)cc2[nH]1)C1CCC(C)(C)C1.O=CO.O=CO. The number of H-pyrrole nitrogens is 1. The van der Waals surface area contributed by atoms with Gasteiger partial charge in [-0.3, -0.25) is 14.5 Å². The maximum absolute atomic E-state index is 8.36. The Bertz CT molecular complexity index is 712. The van der Waals surface area contributed by atoms with Crippen LogP contribution in [-0.2, 0) is 16.1 Å². The summed E-state index contributed by atoms with van der Waals surface area (Å²) >= 11 is 6.01. The van der Waals surface area contributed by atoms with E-state index in [9.17, 15) is 0 Å². The summed E-state index contributed by atoms with van der Waals surface area (Å²) in [6, 6.07) is 6.46. The fourth-order valence-electron chi connectivity index (χ4n) is 3.25. The third kappa shape index (κ3) is 6.65. The van der Waals surface area contributed by atoms with Crippen molar-refractivity contribution in [1.82, 2.24) is 14.9 Å². The van der Waals surface area contributed by atoms with Crippen LogP contribution in [0.1, 0.15) is 38.9 Å². The molecule has 1 fully saturated rings. The van der Waals surface area contributed by atoms with Gasteiger partial charge in [0.25, 0.3) is 12.9 Å². The number of aromatic nitrogens is 2. The van der Waals surface area contributed by atoms with Crippen LogP contribution in [0.15, 0.2) is 18.2 Å². The summed E-state index contributed by atoms with van der Waals surface area (Å²) < 4.78 is 0. The zero-order valence-electron chi connectivity index (χ0n) is 15.3. The topological polar surface area (TPSA) is 107 Å². The first-order valence-corrected chi connectivity index (χ1v) is 8.64. The van der Waals surface area contributed by atoms with Crippen LogP contribution in [-0.4, -0.2) is 51.1 Å². The number of hydrogen-bond donors (Lipinski definition) is 3. The molecule has 0 saturated heterocycles. The molecule has 2 aromatic rings. The lowest BCUT2D eigenvalue weighted by Crippen LogP contribution is -2.30. The Morgan fingerprint density at radius 2 is 1.96 bits per heavy atom. The van der Waals surface area contributed by atoms with Crippen molar-refractivity contribution in [2.45, 2.75) is 45.7 Å². The molecule has 0 radical (unpaired) electrons. The Hall–Kier alpha value is -2.12. The molecule has 144 valence electrons. The van der Waals surface area contributed by atoms with Crippen molar-refractivity contribution in [3.05, 3.63) is 29.0 Å². The molecular weight excluding hydrogens is 358 g/mol. The summed E-state index contributed by atoms with van der Waals surface area (Å²) in [5.41, 5.74) is 2.50. The first-order chi connectivity index (χ1) is 12.3. The second-order valence-corrected chi connectivity index (χ2v) is 7.47. The van der Waals surface area contributed by atoms with Gasteiger partial charge in [0.05, 0.1) is 17.6 Å². The van der Waals surface area contributed by atoms with Crippen molar-refractivity contribution in [1.29, 1.82) is 0 Å². The van der Waals surface area contributed by atoms with E-state index in [1.54, 1.807) is 0 Å². The molecule has 1 aliphatic rings. The molecule has 0 aliphatic heterocycles. The summed E-state index contributed by atoms with van der Waals surface area (Å²) in [5.74, 6) is 1.02. The monoisotopic (exact) mass is 383 g/mol. The lowest BCUT2D eigenvalue weighted by Gasteiger charge is -2.25. The van der Waals surface area contributed by atoms with Crippen LogP contribution in [0.2, 0.25) is 5.02 Å². The van der Waals surface area contributed by atoms with Gasteiger partial charge in [0.15, 0.2) is 0 Å². The minimum atomic E-state index is -0.250. The molecule has 8 heteroatoms. The predicted molar refractivity (Wildman–Crippen MR) is 101 cm³/mol. The zero-order valence-corrected chi connectivity index (χ0v) is 16.0. The standard InChI is InChI=1S/C16H22ClN3.2CH2O2/c1-16(2)7-6-12(9-16)20(3)10-15-18-13-5-4-11(17)8-14(13)19-15;2*2-1-3/h4-5,8,12H,6-7,9-10H2,1-3H3,(H,18,19);2*1H,(H,2,3). The van der Waals surface area contributed by atoms with Gasteiger partial charge in [-0.25, -0.2) is 4.98 Å². The molecular formula is C18H26ClN3O4. The first kappa shape index (κ1) is 21.9. The maximum Gasteiger partial charge on any atom is 0.290 e. The van der Waals surface area contributed by atoms with E-state index in [4.69, 9.17) is 31.4 Å². The molecule has 0 bridgehead atoms. The van der Waals surface area contributed by atoms with Crippen molar-refractivity contribution < 1.29 is 19.8 Å². The van der Waals surface area contributed by atoms with Crippen molar-refractivity contribution >= 4 is 35.6 Å². The molecule has 1 aromatic carbocycles. The van der Waals surface area contributed by atoms with Crippen molar-refractivity contribution in [2.24, 2.45) is 5.41 Å². The van der Waals surface area contributed by atoms with Crippen LogP contribution in [0, 0.1) is 5.41 Å². The average Bonchev–Trinajstić information content (AvgIpc) is 3.10. The Morgan fingerprint density at radius 1 is 1.35 bits per heavy atom. The highest BCUT2D eigenvalue weighted by atomic mass is 35.5. The van der Waals surface area contributed by atoms with E-state index in [0.717, 1.165) is 28.4 Å². The summed E-state index contributed by atoms with van der Waals surface area (Å²) in [7, 11) is 2.20. The highest BCUT2D eigenvalue weighted by molar-refractivity contribution is 6.31. The molecule has 0 amide bonds. The van der Waals surface area contributed by atoms with Crippen molar-refractivity contribution in [3.63, 3.8) is 0 Å². The molecule has 3 rings (SSSR count). The third-order valence-electron chi connectivity index (χ3n) is 4.46. The molecule has 1 saturated carbocycles. The number of carboxylic acid groups (broad SMARTS) is 2. The number of imidazole rings is 1.